The van der Waals surface area contributed by atoms with Crippen molar-refractivity contribution in [2.45, 2.75) is 26.8 Å². The molecule has 0 saturated heterocycles. The molecule has 1 aromatic carbocycles. The van der Waals surface area contributed by atoms with Gasteiger partial charge in [-0.15, -0.1) is 0 Å². The minimum Gasteiger partial charge on any atom is -0.462 e. The molecular formula is C18H25N3O2S. The molecule has 130 valence electrons. The predicted molar refractivity (Wildman–Crippen MR) is 101 cm³/mol. The maximum atomic E-state index is 12.6. The van der Waals surface area contributed by atoms with Gasteiger partial charge in [0.05, 0.1) is 18.2 Å². The van der Waals surface area contributed by atoms with Gasteiger partial charge in [0, 0.05) is 25.5 Å². The maximum absolute atomic E-state index is 12.6. The number of esters is 1. The predicted octanol–water partition coefficient (Wildman–Crippen LogP) is 2.74. The van der Waals surface area contributed by atoms with E-state index < -0.39 is 0 Å². The van der Waals surface area contributed by atoms with Crippen molar-refractivity contribution in [3.63, 3.8) is 0 Å². The maximum Gasteiger partial charge on any atom is 0.338 e. The zero-order valence-electron chi connectivity index (χ0n) is 14.8. The summed E-state index contributed by atoms with van der Waals surface area (Å²) in [5, 5.41) is 6.71. The lowest BCUT2D eigenvalue weighted by molar-refractivity contribution is -0.140. The minimum atomic E-state index is -0.314. The normalized spacial score (nSPS) is 17.4. The molecule has 0 spiro atoms. The number of allylic oxidation sites excluding steroid dienone is 1. The van der Waals surface area contributed by atoms with Crippen molar-refractivity contribution in [2.24, 2.45) is 5.92 Å². The van der Waals surface area contributed by atoms with Crippen molar-refractivity contribution in [3.8, 4) is 0 Å². The van der Waals surface area contributed by atoms with Crippen LogP contribution in [0.15, 0.2) is 35.5 Å². The zero-order chi connectivity index (χ0) is 17.9. The molecule has 0 bridgehead atoms. The van der Waals surface area contributed by atoms with E-state index in [0.29, 0.717) is 23.2 Å². The van der Waals surface area contributed by atoms with Crippen LogP contribution in [0.3, 0.4) is 0 Å². The molecule has 1 aliphatic rings. The monoisotopic (exact) mass is 347 g/mol. The number of ether oxygens (including phenoxy) is 1. The second kappa shape index (κ2) is 7.66. The van der Waals surface area contributed by atoms with Crippen molar-refractivity contribution in [3.05, 3.63) is 41.1 Å². The van der Waals surface area contributed by atoms with Crippen molar-refractivity contribution in [2.75, 3.05) is 25.6 Å². The van der Waals surface area contributed by atoms with Crippen LogP contribution in [-0.4, -0.2) is 31.8 Å². The van der Waals surface area contributed by atoms with Crippen LogP contribution >= 0.6 is 12.2 Å². The van der Waals surface area contributed by atoms with E-state index in [1.165, 1.54) is 0 Å². The molecule has 1 heterocycles. The fourth-order valence-corrected chi connectivity index (χ4v) is 2.77. The lowest BCUT2D eigenvalue weighted by Crippen LogP contribution is -2.45. The molecule has 0 radical (unpaired) electrons. The van der Waals surface area contributed by atoms with Crippen LogP contribution in [-0.2, 0) is 9.53 Å². The van der Waals surface area contributed by atoms with Crippen LogP contribution in [0.5, 0.6) is 0 Å². The average Bonchev–Trinajstić information content (AvgIpc) is 2.52. The number of thiocarbonyl (C=S) groups is 1. The minimum absolute atomic E-state index is 0.290. The molecule has 24 heavy (non-hydrogen) atoms. The first-order valence-corrected chi connectivity index (χ1v) is 8.43. The van der Waals surface area contributed by atoms with Gasteiger partial charge in [-0.2, -0.15) is 0 Å². The Bertz CT molecular complexity index is 651. The SMILES string of the molecule is CC1=C(C(=O)OCC(C)C)C(c2ccc(N(C)C)cc2)NC(=S)N1. The van der Waals surface area contributed by atoms with Gasteiger partial charge in [0.1, 0.15) is 0 Å². The quantitative estimate of drug-likeness (QED) is 0.631. The largest absolute Gasteiger partial charge is 0.462 e. The number of nitrogens with one attached hydrogen (secondary N) is 2. The van der Waals surface area contributed by atoms with Gasteiger partial charge in [0.15, 0.2) is 5.11 Å². The summed E-state index contributed by atoms with van der Waals surface area (Å²) in [5.41, 5.74) is 3.37. The molecule has 5 nitrogen and oxygen atoms in total. The Hall–Kier alpha value is -2.08. The summed E-state index contributed by atoms with van der Waals surface area (Å²) >= 11 is 5.26. The molecule has 1 aromatic rings. The zero-order valence-corrected chi connectivity index (χ0v) is 15.7. The Morgan fingerprint density at radius 1 is 1.29 bits per heavy atom. The molecular weight excluding hydrogens is 322 g/mol. The number of carbonyl (C=O) groups excluding carboxylic acids is 1. The van der Waals surface area contributed by atoms with Crippen LogP contribution in [0.4, 0.5) is 5.69 Å². The summed E-state index contributed by atoms with van der Waals surface area (Å²) in [4.78, 5) is 14.6. The van der Waals surface area contributed by atoms with Crippen molar-refractivity contribution >= 4 is 29.0 Å². The van der Waals surface area contributed by atoms with Crippen LogP contribution < -0.4 is 15.5 Å². The highest BCUT2D eigenvalue weighted by molar-refractivity contribution is 7.80. The lowest BCUT2D eigenvalue weighted by atomic mass is 9.95. The Labute approximate surface area is 149 Å². The van der Waals surface area contributed by atoms with E-state index in [1.54, 1.807) is 0 Å². The molecule has 0 aliphatic carbocycles. The van der Waals surface area contributed by atoms with Gasteiger partial charge >= 0.3 is 5.97 Å². The Kier molecular flexibility index (Phi) is 5.83. The number of hydrogen-bond acceptors (Lipinski definition) is 4. The summed E-state index contributed by atoms with van der Waals surface area (Å²) in [6.45, 7) is 6.27. The third-order valence-corrected chi connectivity index (χ3v) is 4.00. The van der Waals surface area contributed by atoms with Crippen molar-refractivity contribution in [1.82, 2.24) is 10.6 Å². The summed E-state index contributed by atoms with van der Waals surface area (Å²) in [7, 11) is 3.98. The van der Waals surface area contributed by atoms with E-state index in [4.69, 9.17) is 17.0 Å². The molecule has 0 aromatic heterocycles. The van der Waals surface area contributed by atoms with E-state index in [0.717, 1.165) is 16.9 Å². The van der Waals surface area contributed by atoms with Gasteiger partial charge in [-0.3, -0.25) is 0 Å². The number of benzene rings is 1. The second-order valence-corrected chi connectivity index (χ2v) is 6.96. The number of nitrogens with zero attached hydrogens (tertiary/aromatic N) is 1. The number of carbonyl (C=O) groups is 1. The number of anilines is 1. The van der Waals surface area contributed by atoms with Crippen LogP contribution in [0.2, 0.25) is 0 Å². The molecule has 1 aliphatic heterocycles. The molecule has 2 rings (SSSR count). The third kappa shape index (κ3) is 4.26. The van der Waals surface area contributed by atoms with Crippen LogP contribution in [0.25, 0.3) is 0 Å². The first-order valence-electron chi connectivity index (χ1n) is 8.02. The highest BCUT2D eigenvalue weighted by atomic mass is 32.1. The summed E-state index contributed by atoms with van der Waals surface area (Å²) in [5.74, 6) is -0.0244. The number of rotatable bonds is 5. The van der Waals surface area contributed by atoms with Crippen molar-refractivity contribution in [1.29, 1.82) is 0 Å². The molecule has 0 saturated carbocycles. The number of hydrogen-bond donors (Lipinski definition) is 2. The Balaban J connectivity index is 2.32. The van der Waals surface area contributed by atoms with E-state index in [1.807, 2.05) is 64.0 Å². The van der Waals surface area contributed by atoms with Crippen molar-refractivity contribution < 1.29 is 9.53 Å². The van der Waals surface area contributed by atoms with Crippen LogP contribution in [0.1, 0.15) is 32.4 Å². The molecule has 1 atom stereocenters. The molecule has 0 fully saturated rings. The van der Waals surface area contributed by atoms with Gasteiger partial charge in [-0.05, 0) is 42.8 Å². The fraction of sp³-hybridized carbons (Fsp3) is 0.444. The first-order chi connectivity index (χ1) is 11.3. The second-order valence-electron chi connectivity index (χ2n) is 6.55. The smallest absolute Gasteiger partial charge is 0.338 e. The Morgan fingerprint density at radius 3 is 2.46 bits per heavy atom. The van der Waals surface area contributed by atoms with Gasteiger partial charge in [0.2, 0.25) is 0 Å². The first kappa shape index (κ1) is 18.3. The van der Waals surface area contributed by atoms with E-state index in [-0.39, 0.29) is 12.0 Å². The van der Waals surface area contributed by atoms with Gasteiger partial charge in [0.25, 0.3) is 0 Å². The standard InChI is InChI=1S/C18H25N3O2S/c1-11(2)10-23-17(22)15-12(3)19-18(24)20-16(15)13-6-8-14(9-7-13)21(4)5/h6-9,11,16H,10H2,1-5H3,(H2,19,20,24). The highest BCUT2D eigenvalue weighted by Crippen LogP contribution is 2.29. The Morgan fingerprint density at radius 2 is 1.92 bits per heavy atom. The molecule has 2 N–H and O–H groups in total. The highest BCUT2D eigenvalue weighted by Gasteiger charge is 2.31. The van der Waals surface area contributed by atoms with Crippen LogP contribution in [0, 0.1) is 5.92 Å². The van der Waals surface area contributed by atoms with Gasteiger partial charge in [-0.1, -0.05) is 26.0 Å². The summed E-state index contributed by atoms with van der Waals surface area (Å²) in [6, 6.07) is 7.74. The third-order valence-electron chi connectivity index (χ3n) is 3.78. The molecule has 0 amide bonds. The average molecular weight is 347 g/mol. The van der Waals surface area contributed by atoms with E-state index in [2.05, 4.69) is 10.6 Å². The fourth-order valence-electron chi connectivity index (χ4n) is 2.50. The lowest BCUT2D eigenvalue weighted by Gasteiger charge is -2.30. The van der Waals surface area contributed by atoms with E-state index in [9.17, 15) is 4.79 Å². The van der Waals surface area contributed by atoms with Gasteiger partial charge in [-0.25, -0.2) is 4.79 Å². The summed E-state index contributed by atoms with van der Waals surface area (Å²) in [6.07, 6.45) is 0. The summed E-state index contributed by atoms with van der Waals surface area (Å²) < 4.78 is 5.43. The topological polar surface area (TPSA) is 53.6 Å². The van der Waals surface area contributed by atoms with E-state index >= 15 is 0 Å². The molecule has 6 heteroatoms. The van der Waals surface area contributed by atoms with Gasteiger partial charge < -0.3 is 20.3 Å². The molecule has 1 unspecified atom stereocenters.